The van der Waals surface area contributed by atoms with Crippen LogP contribution in [0.1, 0.15) is 24.8 Å². The average molecular weight is 348 g/mol. The number of hydrogen-bond acceptors (Lipinski definition) is 3. The standard InChI is InChI=1S/C18H25FN4O2/c19-15-6-4-14(5-7-15)13-21-8-2-9-22(12-11-21)17(24)16-3-1-10-23(16)18(20)25/h4-7,16H,1-3,8-13H2,(H2,20,25)/t16-/m1/s1. The second kappa shape index (κ2) is 7.82. The first-order chi connectivity index (χ1) is 12.0. The van der Waals surface area contributed by atoms with Gasteiger partial charge in [-0.3, -0.25) is 9.69 Å². The summed E-state index contributed by atoms with van der Waals surface area (Å²) in [5, 5.41) is 0. The van der Waals surface area contributed by atoms with Gasteiger partial charge < -0.3 is 15.5 Å². The summed E-state index contributed by atoms with van der Waals surface area (Å²) in [6.07, 6.45) is 2.40. The van der Waals surface area contributed by atoms with E-state index in [0.29, 0.717) is 26.1 Å². The summed E-state index contributed by atoms with van der Waals surface area (Å²) < 4.78 is 13.0. The van der Waals surface area contributed by atoms with Crippen molar-refractivity contribution >= 4 is 11.9 Å². The summed E-state index contributed by atoms with van der Waals surface area (Å²) in [5.74, 6) is -0.216. The molecule has 6 nitrogen and oxygen atoms in total. The van der Waals surface area contributed by atoms with Gasteiger partial charge in [-0.1, -0.05) is 12.1 Å². The van der Waals surface area contributed by atoms with Gasteiger partial charge in [-0.2, -0.15) is 0 Å². The minimum Gasteiger partial charge on any atom is -0.351 e. The van der Waals surface area contributed by atoms with Crippen LogP contribution >= 0.6 is 0 Å². The Morgan fingerprint density at radius 3 is 2.52 bits per heavy atom. The number of primary amides is 1. The molecule has 2 heterocycles. The smallest absolute Gasteiger partial charge is 0.315 e. The summed E-state index contributed by atoms with van der Waals surface area (Å²) in [6, 6.07) is 5.63. The number of carbonyl (C=O) groups excluding carboxylic acids is 2. The molecule has 0 radical (unpaired) electrons. The Balaban J connectivity index is 1.56. The van der Waals surface area contributed by atoms with Crippen molar-refractivity contribution in [1.82, 2.24) is 14.7 Å². The number of carbonyl (C=O) groups is 2. The van der Waals surface area contributed by atoms with E-state index in [4.69, 9.17) is 5.73 Å². The van der Waals surface area contributed by atoms with Crippen LogP contribution in [0.4, 0.5) is 9.18 Å². The van der Waals surface area contributed by atoms with Gasteiger partial charge in [0.15, 0.2) is 0 Å². The van der Waals surface area contributed by atoms with Crippen molar-refractivity contribution in [3.63, 3.8) is 0 Å². The van der Waals surface area contributed by atoms with Crippen molar-refractivity contribution in [2.75, 3.05) is 32.7 Å². The molecule has 1 aromatic carbocycles. The molecular formula is C18H25FN4O2. The highest BCUT2D eigenvalue weighted by Gasteiger charge is 2.36. The number of halogens is 1. The molecule has 136 valence electrons. The highest BCUT2D eigenvalue weighted by molar-refractivity contribution is 5.87. The molecule has 2 fully saturated rings. The zero-order chi connectivity index (χ0) is 17.8. The van der Waals surface area contributed by atoms with Crippen LogP contribution in [0.25, 0.3) is 0 Å². The first-order valence-electron chi connectivity index (χ1n) is 8.86. The molecular weight excluding hydrogens is 323 g/mol. The van der Waals surface area contributed by atoms with E-state index in [1.165, 1.54) is 17.0 Å². The van der Waals surface area contributed by atoms with Crippen molar-refractivity contribution < 1.29 is 14.0 Å². The van der Waals surface area contributed by atoms with Crippen molar-refractivity contribution in [1.29, 1.82) is 0 Å². The quantitative estimate of drug-likeness (QED) is 0.898. The number of urea groups is 1. The number of nitrogens with zero attached hydrogens (tertiary/aromatic N) is 3. The number of nitrogens with two attached hydrogens (primary N) is 1. The molecule has 7 heteroatoms. The van der Waals surface area contributed by atoms with E-state index in [-0.39, 0.29) is 11.7 Å². The number of benzene rings is 1. The fraction of sp³-hybridized carbons (Fsp3) is 0.556. The van der Waals surface area contributed by atoms with E-state index >= 15 is 0 Å². The van der Waals surface area contributed by atoms with Gasteiger partial charge in [-0.15, -0.1) is 0 Å². The molecule has 1 aromatic rings. The minimum absolute atomic E-state index is 0.0138. The highest BCUT2D eigenvalue weighted by atomic mass is 19.1. The molecule has 25 heavy (non-hydrogen) atoms. The zero-order valence-corrected chi connectivity index (χ0v) is 14.4. The number of rotatable bonds is 3. The molecule has 1 atom stereocenters. The third-order valence-electron chi connectivity index (χ3n) is 5.04. The summed E-state index contributed by atoms with van der Waals surface area (Å²) >= 11 is 0. The van der Waals surface area contributed by atoms with E-state index < -0.39 is 12.1 Å². The van der Waals surface area contributed by atoms with Crippen molar-refractivity contribution in [2.24, 2.45) is 5.73 Å². The highest BCUT2D eigenvalue weighted by Crippen LogP contribution is 2.20. The molecule has 3 amide bonds. The first-order valence-corrected chi connectivity index (χ1v) is 8.86. The fourth-order valence-electron chi connectivity index (χ4n) is 3.70. The maximum atomic E-state index is 13.0. The lowest BCUT2D eigenvalue weighted by atomic mass is 10.2. The molecule has 2 saturated heterocycles. The Morgan fingerprint density at radius 1 is 1.04 bits per heavy atom. The van der Waals surface area contributed by atoms with Gasteiger partial charge in [0.25, 0.3) is 0 Å². The molecule has 0 saturated carbocycles. The lowest BCUT2D eigenvalue weighted by molar-refractivity contribution is -0.135. The van der Waals surface area contributed by atoms with Crippen LogP contribution in [0.3, 0.4) is 0 Å². The van der Waals surface area contributed by atoms with Gasteiger partial charge >= 0.3 is 6.03 Å². The van der Waals surface area contributed by atoms with E-state index in [9.17, 15) is 14.0 Å². The third-order valence-corrected chi connectivity index (χ3v) is 5.04. The van der Waals surface area contributed by atoms with Gasteiger partial charge in [-0.05, 0) is 37.0 Å². The lowest BCUT2D eigenvalue weighted by Gasteiger charge is -2.28. The summed E-state index contributed by atoms with van der Waals surface area (Å²) in [7, 11) is 0. The Hall–Kier alpha value is -2.15. The molecule has 0 bridgehead atoms. The van der Waals surface area contributed by atoms with Crippen LogP contribution in [0.5, 0.6) is 0 Å². The molecule has 3 rings (SSSR count). The molecule has 0 aliphatic carbocycles. The summed E-state index contributed by atoms with van der Waals surface area (Å²) in [5.41, 5.74) is 6.45. The fourth-order valence-corrected chi connectivity index (χ4v) is 3.70. The second-order valence-corrected chi connectivity index (χ2v) is 6.77. The van der Waals surface area contributed by atoms with Gasteiger partial charge in [-0.25, -0.2) is 9.18 Å². The van der Waals surface area contributed by atoms with Crippen LogP contribution in [-0.2, 0) is 11.3 Å². The van der Waals surface area contributed by atoms with Crippen molar-refractivity contribution in [2.45, 2.75) is 31.8 Å². The van der Waals surface area contributed by atoms with Crippen molar-refractivity contribution in [3.8, 4) is 0 Å². The van der Waals surface area contributed by atoms with Crippen LogP contribution in [0, 0.1) is 5.82 Å². The largest absolute Gasteiger partial charge is 0.351 e. The van der Waals surface area contributed by atoms with Crippen LogP contribution in [0.15, 0.2) is 24.3 Å². The second-order valence-electron chi connectivity index (χ2n) is 6.77. The maximum Gasteiger partial charge on any atom is 0.315 e. The lowest BCUT2D eigenvalue weighted by Crippen LogP contribution is -2.50. The molecule has 0 unspecified atom stereocenters. The molecule has 2 aliphatic rings. The summed E-state index contributed by atoms with van der Waals surface area (Å²) in [4.78, 5) is 29.9. The van der Waals surface area contributed by atoms with Crippen LogP contribution in [0.2, 0.25) is 0 Å². The Kier molecular flexibility index (Phi) is 5.53. The first kappa shape index (κ1) is 17.7. The van der Waals surface area contributed by atoms with Crippen LogP contribution < -0.4 is 5.73 Å². The Morgan fingerprint density at radius 2 is 1.80 bits per heavy atom. The topological polar surface area (TPSA) is 69.9 Å². The van der Waals surface area contributed by atoms with Gasteiger partial charge in [0.2, 0.25) is 5.91 Å². The Labute approximate surface area is 147 Å². The number of likely N-dealkylation sites (tertiary alicyclic amines) is 1. The number of hydrogen-bond donors (Lipinski definition) is 1. The SMILES string of the molecule is NC(=O)N1CCC[C@@H]1C(=O)N1CCCN(Cc2ccc(F)cc2)CC1. The van der Waals surface area contributed by atoms with Gasteiger partial charge in [0.05, 0.1) is 0 Å². The van der Waals surface area contributed by atoms with Gasteiger partial charge in [0.1, 0.15) is 11.9 Å². The summed E-state index contributed by atoms with van der Waals surface area (Å²) in [6.45, 7) is 4.32. The Bertz CT molecular complexity index is 622. The van der Waals surface area contributed by atoms with Crippen molar-refractivity contribution in [3.05, 3.63) is 35.6 Å². The normalized spacial score (nSPS) is 22.0. The monoisotopic (exact) mass is 348 g/mol. The average Bonchev–Trinajstić information content (AvgIpc) is 2.98. The van der Waals surface area contributed by atoms with E-state index in [1.807, 2.05) is 4.90 Å². The molecule has 0 aromatic heterocycles. The predicted molar refractivity (Wildman–Crippen MR) is 92.2 cm³/mol. The van der Waals surface area contributed by atoms with E-state index in [1.54, 1.807) is 12.1 Å². The zero-order valence-electron chi connectivity index (χ0n) is 14.4. The molecule has 0 spiro atoms. The molecule has 2 N–H and O–H groups in total. The minimum atomic E-state index is -0.511. The van der Waals surface area contributed by atoms with E-state index in [2.05, 4.69) is 4.90 Å². The third kappa shape index (κ3) is 4.28. The predicted octanol–water partition coefficient (Wildman–Crippen LogP) is 1.40. The molecule has 2 aliphatic heterocycles. The maximum absolute atomic E-state index is 13.0. The van der Waals surface area contributed by atoms with Gasteiger partial charge in [0, 0.05) is 39.3 Å². The van der Waals surface area contributed by atoms with Crippen LogP contribution in [-0.4, -0.2) is 65.4 Å². The van der Waals surface area contributed by atoms with E-state index in [0.717, 1.165) is 38.0 Å². The number of amides is 3.